The van der Waals surface area contributed by atoms with Crippen LogP contribution < -0.4 is 11.1 Å². The van der Waals surface area contributed by atoms with Gasteiger partial charge < -0.3 is 11.1 Å². The molecule has 0 saturated carbocycles. The first-order chi connectivity index (χ1) is 7.99. The molecular weight excluding hydrogens is 347 g/mol. The van der Waals surface area contributed by atoms with Crippen molar-refractivity contribution in [2.75, 3.05) is 0 Å². The molecule has 1 aromatic rings. The molecule has 0 spiro atoms. The number of nitrogens with one attached hydrogen (secondary N) is 1. The minimum absolute atomic E-state index is 0. The van der Waals surface area contributed by atoms with Crippen molar-refractivity contribution in [3.63, 3.8) is 0 Å². The van der Waals surface area contributed by atoms with Crippen molar-refractivity contribution in [1.82, 2.24) is 5.32 Å². The van der Waals surface area contributed by atoms with Crippen LogP contribution in [0.25, 0.3) is 0 Å². The summed E-state index contributed by atoms with van der Waals surface area (Å²) in [7, 11) is 0. The Kier molecular flexibility index (Phi) is 7.25. The van der Waals surface area contributed by atoms with Gasteiger partial charge in [-0.15, -0.1) is 24.0 Å². The van der Waals surface area contributed by atoms with Gasteiger partial charge in [-0.3, -0.25) is 10.1 Å². The van der Waals surface area contributed by atoms with Gasteiger partial charge in [0.15, 0.2) is 5.96 Å². The van der Waals surface area contributed by atoms with Crippen LogP contribution in [-0.4, -0.2) is 16.9 Å². The third-order valence-electron chi connectivity index (χ3n) is 1.99. The third kappa shape index (κ3) is 5.80. The average Bonchev–Trinajstić information content (AvgIpc) is 2.26. The molecule has 1 rings (SSSR count). The number of rotatable bonds is 4. The number of aliphatic imine (C=N–C) groups is 1. The molecule has 3 N–H and O–H groups in total. The van der Waals surface area contributed by atoms with Gasteiger partial charge in [-0.25, -0.2) is 4.99 Å². The molecule has 100 valence electrons. The van der Waals surface area contributed by atoms with E-state index in [1.165, 1.54) is 12.1 Å². The minimum atomic E-state index is -0.428. The highest BCUT2D eigenvalue weighted by atomic mass is 127. The third-order valence-corrected chi connectivity index (χ3v) is 1.99. The standard InChI is InChI=1S/C11H16N4O2.HI/c1-8(2)14-11(12)13-7-9-4-3-5-10(6-9)15(16)17;/h3-6,8H,7H2,1-2H3,(H3,12,13,14);1H. The quantitative estimate of drug-likeness (QED) is 0.281. The Bertz CT molecular complexity index is 435. The van der Waals surface area contributed by atoms with Crippen LogP contribution in [0.1, 0.15) is 19.4 Å². The van der Waals surface area contributed by atoms with Crippen molar-refractivity contribution < 1.29 is 4.92 Å². The van der Waals surface area contributed by atoms with Gasteiger partial charge in [0.1, 0.15) is 0 Å². The van der Waals surface area contributed by atoms with E-state index >= 15 is 0 Å². The van der Waals surface area contributed by atoms with E-state index < -0.39 is 4.92 Å². The zero-order valence-electron chi connectivity index (χ0n) is 10.3. The highest BCUT2D eigenvalue weighted by Crippen LogP contribution is 2.13. The SMILES string of the molecule is CC(C)NC(N)=NCc1cccc([N+](=O)[O-])c1.I. The van der Waals surface area contributed by atoms with Gasteiger partial charge >= 0.3 is 0 Å². The van der Waals surface area contributed by atoms with Crippen LogP contribution in [0.5, 0.6) is 0 Å². The summed E-state index contributed by atoms with van der Waals surface area (Å²) < 4.78 is 0. The minimum Gasteiger partial charge on any atom is -0.370 e. The van der Waals surface area contributed by atoms with Crippen molar-refractivity contribution in [3.8, 4) is 0 Å². The zero-order chi connectivity index (χ0) is 12.8. The van der Waals surface area contributed by atoms with E-state index in [4.69, 9.17) is 5.73 Å². The van der Waals surface area contributed by atoms with Crippen LogP contribution in [0, 0.1) is 10.1 Å². The second-order valence-electron chi connectivity index (χ2n) is 3.93. The van der Waals surface area contributed by atoms with Crippen molar-refractivity contribution >= 4 is 35.6 Å². The van der Waals surface area contributed by atoms with Crippen LogP contribution in [0.3, 0.4) is 0 Å². The van der Waals surface area contributed by atoms with E-state index in [9.17, 15) is 10.1 Å². The van der Waals surface area contributed by atoms with Gasteiger partial charge in [-0.2, -0.15) is 0 Å². The maximum atomic E-state index is 10.6. The predicted molar refractivity (Wildman–Crippen MR) is 82.1 cm³/mol. The molecule has 6 nitrogen and oxygen atoms in total. The molecule has 0 unspecified atom stereocenters. The number of nitrogens with zero attached hydrogens (tertiary/aromatic N) is 2. The lowest BCUT2D eigenvalue weighted by atomic mass is 10.2. The molecule has 0 heterocycles. The Hall–Kier alpha value is -1.38. The predicted octanol–water partition coefficient (Wildman–Crippen LogP) is 2.03. The number of hydrogen-bond donors (Lipinski definition) is 2. The number of nitrogens with two attached hydrogens (primary N) is 1. The molecule has 0 saturated heterocycles. The number of nitro groups is 1. The molecule has 0 amide bonds. The van der Waals surface area contributed by atoms with Crippen LogP contribution in [-0.2, 0) is 6.54 Å². The molecule has 0 radical (unpaired) electrons. The van der Waals surface area contributed by atoms with Crippen molar-refractivity contribution in [2.24, 2.45) is 10.7 Å². The van der Waals surface area contributed by atoms with Crippen molar-refractivity contribution in [2.45, 2.75) is 26.4 Å². The van der Waals surface area contributed by atoms with Crippen molar-refractivity contribution in [3.05, 3.63) is 39.9 Å². The summed E-state index contributed by atoms with van der Waals surface area (Å²) in [4.78, 5) is 14.2. The number of benzene rings is 1. The van der Waals surface area contributed by atoms with E-state index in [0.717, 1.165) is 5.56 Å². The smallest absolute Gasteiger partial charge is 0.269 e. The van der Waals surface area contributed by atoms with Crippen LogP contribution in [0.4, 0.5) is 5.69 Å². The zero-order valence-corrected chi connectivity index (χ0v) is 12.6. The van der Waals surface area contributed by atoms with Gasteiger partial charge in [0.2, 0.25) is 0 Å². The summed E-state index contributed by atoms with van der Waals surface area (Å²) in [5, 5.41) is 13.5. The lowest BCUT2D eigenvalue weighted by molar-refractivity contribution is -0.384. The first kappa shape index (κ1) is 16.6. The molecule has 0 aliphatic heterocycles. The number of non-ortho nitro benzene ring substituents is 1. The summed E-state index contributed by atoms with van der Waals surface area (Å²) >= 11 is 0. The van der Waals surface area contributed by atoms with Crippen LogP contribution in [0.15, 0.2) is 29.3 Å². The van der Waals surface area contributed by atoms with Gasteiger partial charge in [-0.05, 0) is 19.4 Å². The maximum Gasteiger partial charge on any atom is 0.269 e. The van der Waals surface area contributed by atoms with E-state index in [1.54, 1.807) is 12.1 Å². The average molecular weight is 364 g/mol. The fraction of sp³-hybridized carbons (Fsp3) is 0.364. The molecule has 18 heavy (non-hydrogen) atoms. The second-order valence-corrected chi connectivity index (χ2v) is 3.93. The Morgan fingerprint density at radius 3 is 2.78 bits per heavy atom. The molecule has 0 bridgehead atoms. The summed E-state index contributed by atoms with van der Waals surface area (Å²) in [5.41, 5.74) is 6.45. The number of nitro benzene ring substituents is 1. The van der Waals surface area contributed by atoms with E-state index in [0.29, 0.717) is 12.5 Å². The maximum absolute atomic E-state index is 10.6. The fourth-order valence-corrected chi connectivity index (χ4v) is 1.29. The molecule has 7 heteroatoms. The topological polar surface area (TPSA) is 93.5 Å². The van der Waals surface area contributed by atoms with Gasteiger partial charge in [-0.1, -0.05) is 12.1 Å². The largest absolute Gasteiger partial charge is 0.370 e. The Morgan fingerprint density at radius 1 is 1.56 bits per heavy atom. The summed E-state index contributed by atoms with van der Waals surface area (Å²) in [5.74, 6) is 0.339. The molecule has 0 aliphatic rings. The Balaban J connectivity index is 0.00000289. The van der Waals surface area contributed by atoms with Gasteiger partial charge in [0, 0.05) is 18.2 Å². The molecule has 0 fully saturated rings. The van der Waals surface area contributed by atoms with Crippen LogP contribution >= 0.6 is 24.0 Å². The monoisotopic (exact) mass is 364 g/mol. The van der Waals surface area contributed by atoms with E-state index in [1.807, 2.05) is 13.8 Å². The summed E-state index contributed by atoms with van der Waals surface area (Å²) in [6.07, 6.45) is 0. The normalized spacial score (nSPS) is 10.9. The molecule has 0 aromatic heterocycles. The molecular formula is C11H17IN4O2. The van der Waals surface area contributed by atoms with E-state index in [2.05, 4.69) is 10.3 Å². The second kappa shape index (κ2) is 7.85. The summed E-state index contributed by atoms with van der Waals surface area (Å²) in [6, 6.07) is 6.56. The highest BCUT2D eigenvalue weighted by molar-refractivity contribution is 14.0. The molecule has 0 atom stereocenters. The number of hydrogen-bond acceptors (Lipinski definition) is 3. The van der Waals surface area contributed by atoms with Crippen molar-refractivity contribution in [1.29, 1.82) is 0 Å². The molecule has 1 aromatic carbocycles. The Morgan fingerprint density at radius 2 is 2.22 bits per heavy atom. The first-order valence-corrected chi connectivity index (χ1v) is 5.29. The molecule has 0 aliphatic carbocycles. The van der Waals surface area contributed by atoms with E-state index in [-0.39, 0.29) is 35.7 Å². The highest BCUT2D eigenvalue weighted by Gasteiger charge is 2.05. The fourth-order valence-electron chi connectivity index (χ4n) is 1.29. The number of guanidine groups is 1. The first-order valence-electron chi connectivity index (χ1n) is 5.29. The van der Waals surface area contributed by atoms with Gasteiger partial charge in [0.05, 0.1) is 11.5 Å². The number of halogens is 1. The summed E-state index contributed by atoms with van der Waals surface area (Å²) in [6.45, 7) is 4.23. The Labute approximate surface area is 123 Å². The van der Waals surface area contributed by atoms with Crippen LogP contribution in [0.2, 0.25) is 0 Å². The lowest BCUT2D eigenvalue weighted by Crippen LogP contribution is -2.36. The van der Waals surface area contributed by atoms with Gasteiger partial charge in [0.25, 0.3) is 5.69 Å². The lowest BCUT2D eigenvalue weighted by Gasteiger charge is -2.08.